The highest BCUT2D eigenvalue weighted by molar-refractivity contribution is 5.67. The van der Waals surface area contributed by atoms with Crippen molar-refractivity contribution in [2.24, 2.45) is 11.7 Å². The average Bonchev–Trinajstić information content (AvgIpc) is 1.98. The molecule has 0 bridgehead atoms. The molecule has 88 valence electrons. The van der Waals surface area contributed by atoms with E-state index in [1.807, 2.05) is 7.05 Å². The van der Waals surface area contributed by atoms with Gasteiger partial charge in [-0.3, -0.25) is 4.79 Å². The van der Waals surface area contributed by atoms with E-state index in [4.69, 9.17) is 10.8 Å². The van der Waals surface area contributed by atoms with E-state index in [-0.39, 0.29) is 12.5 Å². The van der Waals surface area contributed by atoms with Gasteiger partial charge in [-0.25, -0.2) is 0 Å². The number of nitrogens with two attached hydrogens (primary N) is 1. The van der Waals surface area contributed by atoms with Crippen LogP contribution < -0.4 is 5.73 Å². The molecule has 0 aromatic rings. The summed E-state index contributed by atoms with van der Waals surface area (Å²) in [5, 5.41) is 8.56. The fourth-order valence-electron chi connectivity index (χ4n) is 1.96. The topological polar surface area (TPSA) is 66.6 Å². The molecule has 1 rings (SSSR count). The number of hydrogen-bond donors (Lipinski definition) is 2. The molecule has 1 saturated carbocycles. The van der Waals surface area contributed by atoms with E-state index in [0.29, 0.717) is 6.54 Å². The van der Waals surface area contributed by atoms with Gasteiger partial charge in [-0.2, -0.15) is 0 Å². The molecule has 0 amide bonds. The van der Waals surface area contributed by atoms with Crippen LogP contribution in [-0.4, -0.2) is 42.2 Å². The summed E-state index contributed by atoms with van der Waals surface area (Å²) < 4.78 is 0. The number of likely N-dealkylation sites (N-methyl/N-ethyl adjacent to an activating group) is 1. The van der Waals surface area contributed by atoms with E-state index in [0.717, 1.165) is 12.5 Å². The maximum absolute atomic E-state index is 10.4. The first-order chi connectivity index (χ1) is 7.08. The summed E-state index contributed by atoms with van der Waals surface area (Å²) in [6, 6.07) is -0.242. The van der Waals surface area contributed by atoms with Crippen molar-refractivity contribution in [1.82, 2.24) is 4.90 Å². The van der Waals surface area contributed by atoms with Gasteiger partial charge in [0.15, 0.2) is 0 Å². The Morgan fingerprint density at radius 3 is 2.73 bits per heavy atom. The molecule has 1 unspecified atom stereocenters. The third-order valence-electron chi connectivity index (χ3n) is 3.13. The first kappa shape index (κ1) is 12.5. The minimum absolute atomic E-state index is 0.0633. The van der Waals surface area contributed by atoms with E-state index in [1.54, 1.807) is 0 Å². The van der Waals surface area contributed by atoms with E-state index < -0.39 is 5.97 Å². The fraction of sp³-hybridized carbons (Fsp3) is 0.909. The smallest absolute Gasteiger partial charge is 0.304 e. The summed E-state index contributed by atoms with van der Waals surface area (Å²) in [5.41, 5.74) is 5.71. The predicted octanol–water partition coefficient (Wildman–Crippen LogP) is 0.910. The number of carbonyl (C=O) groups is 1. The third kappa shape index (κ3) is 5.14. The molecule has 4 nitrogen and oxygen atoms in total. The molecule has 3 N–H and O–H groups in total. The van der Waals surface area contributed by atoms with Gasteiger partial charge >= 0.3 is 5.97 Å². The van der Waals surface area contributed by atoms with Gasteiger partial charge in [0.05, 0.1) is 6.42 Å². The molecule has 0 heterocycles. The Hall–Kier alpha value is -0.610. The molecule has 15 heavy (non-hydrogen) atoms. The van der Waals surface area contributed by atoms with Gasteiger partial charge in [0, 0.05) is 12.6 Å². The van der Waals surface area contributed by atoms with Crippen LogP contribution in [0.15, 0.2) is 0 Å². The van der Waals surface area contributed by atoms with Gasteiger partial charge in [-0.1, -0.05) is 19.3 Å². The number of hydrogen-bond acceptors (Lipinski definition) is 3. The summed E-state index contributed by atoms with van der Waals surface area (Å²) in [6.07, 6.45) is 5.42. The lowest BCUT2D eigenvalue weighted by molar-refractivity contribution is -0.137. The summed E-state index contributed by atoms with van der Waals surface area (Å²) in [4.78, 5) is 12.6. The van der Waals surface area contributed by atoms with Gasteiger partial charge in [-0.05, 0) is 25.9 Å². The lowest BCUT2D eigenvalue weighted by Gasteiger charge is -2.28. The highest BCUT2D eigenvalue weighted by Crippen LogP contribution is 2.29. The Bertz CT molecular complexity index is 205. The van der Waals surface area contributed by atoms with Crippen molar-refractivity contribution >= 4 is 5.97 Å². The van der Waals surface area contributed by atoms with Crippen LogP contribution in [0.5, 0.6) is 0 Å². The Kier molecular flexibility index (Phi) is 5.05. The van der Waals surface area contributed by atoms with Crippen molar-refractivity contribution in [2.75, 3.05) is 20.1 Å². The molecule has 0 aromatic carbocycles. The fourth-order valence-corrected chi connectivity index (χ4v) is 1.96. The Labute approximate surface area is 91.4 Å². The quantitative estimate of drug-likeness (QED) is 0.661. The molecule has 0 spiro atoms. The molecule has 0 radical (unpaired) electrons. The monoisotopic (exact) mass is 214 g/mol. The number of aliphatic carboxylic acids is 1. The second kappa shape index (κ2) is 6.08. The van der Waals surface area contributed by atoms with E-state index in [2.05, 4.69) is 4.90 Å². The largest absolute Gasteiger partial charge is 0.481 e. The normalized spacial score (nSPS) is 18.9. The molecular formula is C11H22N2O2. The van der Waals surface area contributed by atoms with Crippen LogP contribution in [0.4, 0.5) is 0 Å². The Morgan fingerprint density at radius 2 is 2.27 bits per heavy atom. The van der Waals surface area contributed by atoms with E-state index >= 15 is 0 Å². The summed E-state index contributed by atoms with van der Waals surface area (Å²) >= 11 is 0. The number of nitrogens with zero attached hydrogens (tertiary/aromatic N) is 1. The van der Waals surface area contributed by atoms with Crippen LogP contribution >= 0.6 is 0 Å². The number of carboxylic acids is 1. The van der Waals surface area contributed by atoms with Gasteiger partial charge in [0.1, 0.15) is 0 Å². The highest BCUT2D eigenvalue weighted by Gasteiger charge is 2.18. The molecule has 1 aliphatic carbocycles. The van der Waals surface area contributed by atoms with Crippen LogP contribution in [0, 0.1) is 5.92 Å². The van der Waals surface area contributed by atoms with Crippen LogP contribution in [0.2, 0.25) is 0 Å². The van der Waals surface area contributed by atoms with Crippen LogP contribution in [-0.2, 0) is 4.79 Å². The Morgan fingerprint density at radius 1 is 1.60 bits per heavy atom. The van der Waals surface area contributed by atoms with Crippen LogP contribution in [0.1, 0.15) is 32.1 Å². The minimum atomic E-state index is -0.810. The summed E-state index contributed by atoms with van der Waals surface area (Å²) in [6.45, 7) is 1.72. The third-order valence-corrected chi connectivity index (χ3v) is 3.13. The maximum Gasteiger partial charge on any atom is 0.304 e. The minimum Gasteiger partial charge on any atom is -0.481 e. The van der Waals surface area contributed by atoms with Crippen LogP contribution in [0.25, 0.3) is 0 Å². The van der Waals surface area contributed by atoms with Crippen LogP contribution in [0.3, 0.4) is 0 Å². The van der Waals surface area contributed by atoms with Gasteiger partial charge < -0.3 is 15.7 Å². The zero-order chi connectivity index (χ0) is 11.3. The number of carboxylic acid groups (broad SMARTS) is 1. The second-order valence-electron chi connectivity index (χ2n) is 4.71. The highest BCUT2D eigenvalue weighted by atomic mass is 16.4. The lowest BCUT2D eigenvalue weighted by Crippen LogP contribution is -2.37. The predicted molar refractivity (Wildman–Crippen MR) is 59.7 cm³/mol. The van der Waals surface area contributed by atoms with Crippen molar-refractivity contribution < 1.29 is 9.90 Å². The number of rotatable bonds is 7. The van der Waals surface area contributed by atoms with Crippen molar-refractivity contribution in [2.45, 2.75) is 38.1 Å². The van der Waals surface area contributed by atoms with Gasteiger partial charge in [-0.15, -0.1) is 0 Å². The standard InChI is InChI=1S/C11H22N2O2/c1-13(6-5-9-3-2-4-9)8-10(12)7-11(14)15/h9-10H,2-8,12H2,1H3,(H,14,15). The summed E-state index contributed by atoms with van der Waals surface area (Å²) in [7, 11) is 2.01. The van der Waals surface area contributed by atoms with Gasteiger partial charge in [0.2, 0.25) is 0 Å². The Balaban J connectivity index is 2.05. The first-order valence-corrected chi connectivity index (χ1v) is 5.74. The molecule has 4 heteroatoms. The summed E-state index contributed by atoms with van der Waals surface area (Å²) in [5.74, 6) is 0.0954. The zero-order valence-corrected chi connectivity index (χ0v) is 9.48. The first-order valence-electron chi connectivity index (χ1n) is 5.74. The van der Waals surface area contributed by atoms with E-state index in [1.165, 1.54) is 25.7 Å². The molecule has 0 saturated heterocycles. The maximum atomic E-state index is 10.4. The molecule has 0 aliphatic heterocycles. The van der Waals surface area contributed by atoms with E-state index in [9.17, 15) is 4.79 Å². The molecule has 1 fully saturated rings. The molecule has 0 aromatic heterocycles. The van der Waals surface area contributed by atoms with Crippen molar-refractivity contribution in [3.05, 3.63) is 0 Å². The van der Waals surface area contributed by atoms with Crippen molar-refractivity contribution in [3.63, 3.8) is 0 Å². The van der Waals surface area contributed by atoms with Crippen molar-refractivity contribution in [1.29, 1.82) is 0 Å². The van der Waals surface area contributed by atoms with Gasteiger partial charge in [0.25, 0.3) is 0 Å². The SMILES string of the molecule is CN(CCC1CCC1)CC(N)CC(=O)O. The average molecular weight is 214 g/mol. The second-order valence-corrected chi connectivity index (χ2v) is 4.71. The lowest BCUT2D eigenvalue weighted by atomic mass is 9.83. The molecular weight excluding hydrogens is 192 g/mol. The molecule has 1 atom stereocenters. The molecule has 1 aliphatic rings. The van der Waals surface area contributed by atoms with Crippen molar-refractivity contribution in [3.8, 4) is 0 Å². The zero-order valence-electron chi connectivity index (χ0n) is 9.48.